The molecule has 0 amide bonds. The van der Waals surface area contributed by atoms with E-state index < -0.39 is 0 Å². The Hall–Kier alpha value is -2.21. The summed E-state index contributed by atoms with van der Waals surface area (Å²) < 4.78 is 5.18. The smallest absolute Gasteiger partial charge is 0.213 e. The molecule has 1 atom stereocenters. The minimum atomic E-state index is 0.485. The Morgan fingerprint density at radius 1 is 1.32 bits per heavy atom. The molecule has 0 spiro atoms. The number of hydrogen-bond donors (Lipinski definition) is 0. The maximum absolute atomic E-state index is 5.18. The van der Waals surface area contributed by atoms with Gasteiger partial charge in [0.15, 0.2) is 0 Å². The van der Waals surface area contributed by atoms with Gasteiger partial charge in [-0.3, -0.25) is 4.90 Å². The molecule has 0 saturated carbocycles. The van der Waals surface area contributed by atoms with Gasteiger partial charge in [-0.05, 0) is 24.1 Å². The SMILES string of the molecule is COc1cc(CN2CCC(N(C)c3ccncn3)C2)ccn1. The Morgan fingerprint density at radius 3 is 3.00 bits per heavy atom. The number of aromatic nitrogens is 3. The van der Waals surface area contributed by atoms with E-state index in [0.717, 1.165) is 31.9 Å². The molecule has 1 saturated heterocycles. The summed E-state index contributed by atoms with van der Waals surface area (Å²) in [7, 11) is 3.75. The third-order valence-corrected chi connectivity index (χ3v) is 4.14. The van der Waals surface area contributed by atoms with Crippen LogP contribution in [-0.4, -0.2) is 53.1 Å². The Labute approximate surface area is 130 Å². The lowest BCUT2D eigenvalue weighted by atomic mass is 10.2. The molecule has 1 aliphatic heterocycles. The summed E-state index contributed by atoms with van der Waals surface area (Å²) in [5, 5.41) is 0. The lowest BCUT2D eigenvalue weighted by Crippen LogP contribution is -2.34. The van der Waals surface area contributed by atoms with Crippen molar-refractivity contribution in [2.75, 3.05) is 32.1 Å². The van der Waals surface area contributed by atoms with Crippen molar-refractivity contribution in [1.82, 2.24) is 19.9 Å². The van der Waals surface area contributed by atoms with Gasteiger partial charge in [0.25, 0.3) is 0 Å². The quantitative estimate of drug-likeness (QED) is 0.836. The number of likely N-dealkylation sites (N-methyl/N-ethyl adjacent to an activating group) is 1. The molecule has 1 unspecified atom stereocenters. The zero-order chi connectivity index (χ0) is 15.4. The van der Waals surface area contributed by atoms with E-state index in [4.69, 9.17) is 4.74 Å². The summed E-state index contributed by atoms with van der Waals surface area (Å²) in [6.45, 7) is 3.04. The van der Waals surface area contributed by atoms with Gasteiger partial charge < -0.3 is 9.64 Å². The molecule has 2 aromatic heterocycles. The summed E-state index contributed by atoms with van der Waals surface area (Å²) in [6, 6.07) is 6.49. The zero-order valence-electron chi connectivity index (χ0n) is 13.0. The minimum absolute atomic E-state index is 0.485. The fourth-order valence-corrected chi connectivity index (χ4v) is 2.87. The second kappa shape index (κ2) is 6.70. The maximum Gasteiger partial charge on any atom is 0.213 e. The number of nitrogens with zero attached hydrogens (tertiary/aromatic N) is 5. The van der Waals surface area contributed by atoms with Gasteiger partial charge in [-0.1, -0.05) is 0 Å². The first-order valence-electron chi connectivity index (χ1n) is 7.46. The second-order valence-corrected chi connectivity index (χ2v) is 5.56. The Morgan fingerprint density at radius 2 is 2.23 bits per heavy atom. The third-order valence-electron chi connectivity index (χ3n) is 4.14. The first kappa shape index (κ1) is 14.7. The molecule has 1 aliphatic rings. The molecule has 6 nitrogen and oxygen atoms in total. The van der Waals surface area contributed by atoms with Gasteiger partial charge in [0.2, 0.25) is 5.88 Å². The molecule has 6 heteroatoms. The topological polar surface area (TPSA) is 54.4 Å². The van der Waals surface area contributed by atoms with Crippen LogP contribution in [0.1, 0.15) is 12.0 Å². The first-order valence-corrected chi connectivity index (χ1v) is 7.46. The molecule has 0 radical (unpaired) electrons. The number of anilines is 1. The van der Waals surface area contributed by atoms with Gasteiger partial charge in [-0.2, -0.15) is 0 Å². The number of rotatable bonds is 5. The second-order valence-electron chi connectivity index (χ2n) is 5.56. The molecule has 22 heavy (non-hydrogen) atoms. The molecule has 3 heterocycles. The molecular weight excluding hydrogens is 278 g/mol. The number of pyridine rings is 1. The number of methoxy groups -OCH3 is 1. The van der Waals surface area contributed by atoms with Crippen LogP contribution in [0, 0.1) is 0 Å². The lowest BCUT2D eigenvalue weighted by molar-refractivity contribution is 0.324. The van der Waals surface area contributed by atoms with Crippen LogP contribution in [0.25, 0.3) is 0 Å². The van der Waals surface area contributed by atoms with E-state index in [9.17, 15) is 0 Å². The van der Waals surface area contributed by atoms with Gasteiger partial charge in [0.1, 0.15) is 12.1 Å². The van der Waals surface area contributed by atoms with E-state index in [-0.39, 0.29) is 0 Å². The van der Waals surface area contributed by atoms with Crippen LogP contribution in [0.2, 0.25) is 0 Å². The highest BCUT2D eigenvalue weighted by Crippen LogP contribution is 2.21. The Balaban J connectivity index is 1.60. The Kier molecular flexibility index (Phi) is 4.48. The van der Waals surface area contributed by atoms with Crippen LogP contribution in [0.4, 0.5) is 5.82 Å². The number of likely N-dealkylation sites (tertiary alicyclic amines) is 1. The molecule has 116 valence electrons. The van der Waals surface area contributed by atoms with Crippen molar-refractivity contribution in [3.8, 4) is 5.88 Å². The lowest BCUT2D eigenvalue weighted by Gasteiger charge is -2.25. The van der Waals surface area contributed by atoms with E-state index in [1.165, 1.54) is 5.56 Å². The molecule has 1 fully saturated rings. The summed E-state index contributed by atoms with van der Waals surface area (Å²) in [5.41, 5.74) is 1.23. The van der Waals surface area contributed by atoms with Crippen LogP contribution in [0.3, 0.4) is 0 Å². The van der Waals surface area contributed by atoms with Gasteiger partial charge in [-0.15, -0.1) is 0 Å². The average Bonchev–Trinajstić information content (AvgIpc) is 3.03. The van der Waals surface area contributed by atoms with E-state index in [0.29, 0.717) is 11.9 Å². The molecule has 2 aromatic rings. The van der Waals surface area contributed by atoms with E-state index in [1.54, 1.807) is 25.8 Å². The highest BCUT2D eigenvalue weighted by atomic mass is 16.5. The van der Waals surface area contributed by atoms with Gasteiger partial charge >= 0.3 is 0 Å². The van der Waals surface area contributed by atoms with Crippen LogP contribution in [0.5, 0.6) is 5.88 Å². The summed E-state index contributed by atoms with van der Waals surface area (Å²) >= 11 is 0. The van der Waals surface area contributed by atoms with Crippen LogP contribution in [-0.2, 0) is 6.54 Å². The molecule has 0 N–H and O–H groups in total. The van der Waals surface area contributed by atoms with Crippen molar-refractivity contribution in [1.29, 1.82) is 0 Å². The van der Waals surface area contributed by atoms with Crippen molar-refractivity contribution in [2.45, 2.75) is 19.0 Å². The largest absolute Gasteiger partial charge is 0.481 e. The monoisotopic (exact) mass is 299 g/mol. The predicted molar refractivity (Wildman–Crippen MR) is 84.9 cm³/mol. The maximum atomic E-state index is 5.18. The van der Waals surface area contributed by atoms with Crippen molar-refractivity contribution in [3.05, 3.63) is 42.5 Å². The van der Waals surface area contributed by atoms with Gasteiger partial charge in [0, 0.05) is 51.2 Å². The number of ether oxygens (including phenoxy) is 1. The fraction of sp³-hybridized carbons (Fsp3) is 0.438. The predicted octanol–water partition coefficient (Wildman–Crippen LogP) is 1.59. The van der Waals surface area contributed by atoms with Gasteiger partial charge in [-0.25, -0.2) is 15.0 Å². The molecule has 0 aromatic carbocycles. The summed E-state index contributed by atoms with van der Waals surface area (Å²) in [4.78, 5) is 17.2. The molecule has 0 bridgehead atoms. The molecule has 3 rings (SSSR count). The van der Waals surface area contributed by atoms with E-state index in [2.05, 4.69) is 31.8 Å². The standard InChI is InChI=1S/C16H21N5O/c1-20(15-4-6-17-12-19-15)14-5-8-21(11-14)10-13-3-7-18-16(9-13)22-2/h3-4,6-7,9,12,14H,5,8,10-11H2,1-2H3. The van der Waals surface area contributed by atoms with E-state index in [1.807, 2.05) is 18.2 Å². The molecule has 0 aliphatic carbocycles. The summed E-state index contributed by atoms with van der Waals surface area (Å²) in [5.74, 6) is 1.65. The minimum Gasteiger partial charge on any atom is -0.481 e. The van der Waals surface area contributed by atoms with Crippen LogP contribution < -0.4 is 9.64 Å². The molecular formula is C16H21N5O. The normalized spacial score (nSPS) is 18.4. The first-order chi connectivity index (χ1) is 10.8. The van der Waals surface area contributed by atoms with Crippen molar-refractivity contribution in [2.24, 2.45) is 0 Å². The van der Waals surface area contributed by atoms with Crippen LogP contribution >= 0.6 is 0 Å². The van der Waals surface area contributed by atoms with Crippen LogP contribution in [0.15, 0.2) is 36.9 Å². The number of hydrogen-bond acceptors (Lipinski definition) is 6. The fourth-order valence-electron chi connectivity index (χ4n) is 2.87. The zero-order valence-corrected chi connectivity index (χ0v) is 13.0. The third kappa shape index (κ3) is 3.33. The van der Waals surface area contributed by atoms with E-state index >= 15 is 0 Å². The van der Waals surface area contributed by atoms with Crippen molar-refractivity contribution in [3.63, 3.8) is 0 Å². The van der Waals surface area contributed by atoms with Crippen molar-refractivity contribution >= 4 is 5.82 Å². The Bertz CT molecular complexity index is 606. The summed E-state index contributed by atoms with van der Waals surface area (Å²) in [6.07, 6.45) is 6.33. The highest BCUT2D eigenvalue weighted by molar-refractivity contribution is 5.37. The highest BCUT2D eigenvalue weighted by Gasteiger charge is 2.26. The average molecular weight is 299 g/mol. The van der Waals surface area contributed by atoms with Crippen molar-refractivity contribution < 1.29 is 4.74 Å². The van der Waals surface area contributed by atoms with Gasteiger partial charge in [0.05, 0.1) is 7.11 Å².